The maximum absolute atomic E-state index is 13.5. The lowest BCUT2D eigenvalue weighted by atomic mass is 9.86. The highest BCUT2D eigenvalue weighted by Gasteiger charge is 2.28. The van der Waals surface area contributed by atoms with Crippen LogP contribution < -0.4 is 10.6 Å². The van der Waals surface area contributed by atoms with Crippen LogP contribution in [0.25, 0.3) is 0 Å². The van der Waals surface area contributed by atoms with Gasteiger partial charge in [0.25, 0.3) is 5.91 Å². The zero-order valence-electron chi connectivity index (χ0n) is 11.8. The average Bonchev–Trinajstić information content (AvgIpc) is 3.05. The first-order valence-corrected chi connectivity index (χ1v) is 8.03. The summed E-state index contributed by atoms with van der Waals surface area (Å²) in [5.74, 6) is -1.85. The van der Waals surface area contributed by atoms with Crippen LogP contribution in [0, 0.1) is 11.6 Å². The molecule has 3 nitrogen and oxygen atoms in total. The smallest absolute Gasteiger partial charge is 0.261 e. The summed E-state index contributed by atoms with van der Waals surface area (Å²) in [6.45, 7) is 1.40. The fraction of sp³-hybridized carbons (Fsp3) is 0.312. The second kappa shape index (κ2) is 6.54. The van der Waals surface area contributed by atoms with Crippen molar-refractivity contribution in [3.63, 3.8) is 0 Å². The Morgan fingerprint density at radius 3 is 2.86 bits per heavy atom. The zero-order chi connectivity index (χ0) is 15.5. The third kappa shape index (κ3) is 3.18. The minimum absolute atomic E-state index is 0.0275. The zero-order valence-corrected chi connectivity index (χ0v) is 12.6. The van der Waals surface area contributed by atoms with Crippen LogP contribution in [0.3, 0.4) is 0 Å². The lowest BCUT2D eigenvalue weighted by Gasteiger charge is -2.33. The van der Waals surface area contributed by atoms with Crippen LogP contribution in [0.5, 0.6) is 0 Å². The summed E-state index contributed by atoms with van der Waals surface area (Å²) >= 11 is 1.38. The van der Waals surface area contributed by atoms with E-state index in [1.807, 2.05) is 11.4 Å². The molecule has 2 atom stereocenters. The molecule has 1 fully saturated rings. The Morgan fingerprint density at radius 2 is 2.14 bits per heavy atom. The van der Waals surface area contributed by atoms with Crippen LogP contribution in [0.15, 0.2) is 35.7 Å². The topological polar surface area (TPSA) is 41.1 Å². The van der Waals surface area contributed by atoms with E-state index in [1.54, 1.807) is 12.1 Å². The number of carbonyl (C=O) groups is 1. The van der Waals surface area contributed by atoms with E-state index in [-0.39, 0.29) is 17.9 Å². The second-order valence-corrected chi connectivity index (χ2v) is 6.28. The molecule has 116 valence electrons. The fourth-order valence-electron chi connectivity index (χ4n) is 2.80. The first-order chi connectivity index (χ1) is 10.6. The monoisotopic (exact) mass is 322 g/mol. The maximum Gasteiger partial charge on any atom is 0.261 e. The summed E-state index contributed by atoms with van der Waals surface area (Å²) in [4.78, 5) is 12.9. The van der Waals surface area contributed by atoms with Crippen molar-refractivity contribution in [1.82, 2.24) is 10.6 Å². The van der Waals surface area contributed by atoms with Gasteiger partial charge in [0.05, 0.1) is 4.88 Å². The van der Waals surface area contributed by atoms with Gasteiger partial charge in [0.2, 0.25) is 0 Å². The van der Waals surface area contributed by atoms with E-state index in [0.29, 0.717) is 11.4 Å². The third-order valence-electron chi connectivity index (χ3n) is 3.92. The van der Waals surface area contributed by atoms with Crippen LogP contribution in [0.1, 0.15) is 27.6 Å². The first kappa shape index (κ1) is 15.1. The van der Waals surface area contributed by atoms with Gasteiger partial charge in [-0.05, 0) is 42.1 Å². The van der Waals surface area contributed by atoms with E-state index in [4.69, 9.17) is 0 Å². The highest BCUT2D eigenvalue weighted by atomic mass is 32.1. The van der Waals surface area contributed by atoms with Gasteiger partial charge in [0.15, 0.2) is 11.6 Å². The second-order valence-electron chi connectivity index (χ2n) is 5.33. The molecule has 0 spiro atoms. The quantitative estimate of drug-likeness (QED) is 0.912. The molecule has 1 aliphatic heterocycles. The number of carbonyl (C=O) groups excluding carboxylic acids is 1. The Balaban J connectivity index is 1.79. The van der Waals surface area contributed by atoms with Crippen LogP contribution in [-0.2, 0) is 0 Å². The van der Waals surface area contributed by atoms with Gasteiger partial charge in [0, 0.05) is 18.5 Å². The predicted molar refractivity (Wildman–Crippen MR) is 82.2 cm³/mol. The van der Waals surface area contributed by atoms with Gasteiger partial charge in [-0.25, -0.2) is 8.78 Å². The van der Waals surface area contributed by atoms with Crippen LogP contribution in [0.4, 0.5) is 8.78 Å². The summed E-state index contributed by atoms with van der Waals surface area (Å²) in [5, 5.41) is 8.08. The number of rotatable bonds is 3. The minimum atomic E-state index is -0.850. The van der Waals surface area contributed by atoms with Crippen molar-refractivity contribution in [2.75, 3.05) is 13.1 Å². The number of hydrogen-bond acceptors (Lipinski definition) is 3. The van der Waals surface area contributed by atoms with Crippen molar-refractivity contribution in [2.45, 2.75) is 18.4 Å². The van der Waals surface area contributed by atoms with Crippen LogP contribution in [0.2, 0.25) is 0 Å². The molecule has 1 aromatic heterocycles. The molecule has 0 saturated carbocycles. The molecule has 2 unspecified atom stereocenters. The Kier molecular flexibility index (Phi) is 4.49. The molecule has 22 heavy (non-hydrogen) atoms. The molecule has 6 heteroatoms. The SMILES string of the molecule is O=C(NC1CNCCC1c1ccc(F)c(F)c1)c1cccs1. The van der Waals surface area contributed by atoms with Gasteiger partial charge in [-0.3, -0.25) is 4.79 Å². The van der Waals surface area contributed by atoms with Crippen molar-refractivity contribution < 1.29 is 13.6 Å². The summed E-state index contributed by atoms with van der Waals surface area (Å²) in [7, 11) is 0. The van der Waals surface area contributed by atoms with Crippen molar-refractivity contribution >= 4 is 17.2 Å². The molecule has 0 radical (unpaired) electrons. The molecule has 1 saturated heterocycles. The van der Waals surface area contributed by atoms with E-state index in [9.17, 15) is 13.6 Å². The number of thiophene rings is 1. The molecule has 1 aromatic carbocycles. The number of amides is 1. The Bertz CT molecular complexity index is 660. The standard InChI is InChI=1S/C16H16F2N2OS/c17-12-4-3-10(8-13(12)18)11-5-6-19-9-14(11)20-16(21)15-2-1-7-22-15/h1-4,7-8,11,14,19H,5-6,9H2,(H,20,21). The van der Waals surface area contributed by atoms with Gasteiger partial charge in [-0.15, -0.1) is 11.3 Å². The Morgan fingerprint density at radius 1 is 1.27 bits per heavy atom. The number of hydrogen-bond donors (Lipinski definition) is 2. The van der Waals surface area contributed by atoms with Gasteiger partial charge in [0.1, 0.15) is 0 Å². The molecule has 0 aliphatic carbocycles. The first-order valence-electron chi connectivity index (χ1n) is 7.15. The predicted octanol–water partition coefficient (Wildman–Crippen LogP) is 2.90. The molecule has 2 heterocycles. The normalized spacial score (nSPS) is 21.5. The number of piperidine rings is 1. The van der Waals surface area contributed by atoms with Crippen molar-refractivity contribution in [2.24, 2.45) is 0 Å². The summed E-state index contributed by atoms with van der Waals surface area (Å²) in [5.41, 5.74) is 0.719. The van der Waals surface area contributed by atoms with Crippen molar-refractivity contribution in [3.8, 4) is 0 Å². The van der Waals surface area contributed by atoms with Crippen LogP contribution in [-0.4, -0.2) is 25.0 Å². The van der Waals surface area contributed by atoms with Crippen LogP contribution >= 0.6 is 11.3 Å². The van der Waals surface area contributed by atoms with E-state index in [1.165, 1.54) is 17.4 Å². The van der Waals surface area contributed by atoms with Gasteiger partial charge in [-0.1, -0.05) is 12.1 Å². The number of nitrogens with one attached hydrogen (secondary N) is 2. The molecule has 2 aromatic rings. The van der Waals surface area contributed by atoms with Crippen molar-refractivity contribution in [1.29, 1.82) is 0 Å². The summed E-state index contributed by atoms with van der Waals surface area (Å²) in [6.07, 6.45) is 0.764. The molecule has 1 amide bonds. The average molecular weight is 322 g/mol. The molecule has 0 bridgehead atoms. The van der Waals surface area contributed by atoms with Gasteiger partial charge >= 0.3 is 0 Å². The molecular weight excluding hydrogens is 306 g/mol. The number of benzene rings is 1. The van der Waals surface area contributed by atoms with E-state index in [2.05, 4.69) is 10.6 Å². The Hall–Kier alpha value is -1.79. The lowest BCUT2D eigenvalue weighted by Crippen LogP contribution is -2.49. The Labute approximate surface area is 131 Å². The van der Waals surface area contributed by atoms with E-state index < -0.39 is 11.6 Å². The van der Waals surface area contributed by atoms with E-state index in [0.717, 1.165) is 24.6 Å². The van der Waals surface area contributed by atoms with E-state index >= 15 is 0 Å². The third-order valence-corrected chi connectivity index (χ3v) is 4.78. The lowest BCUT2D eigenvalue weighted by molar-refractivity contribution is 0.0928. The van der Waals surface area contributed by atoms with Crippen molar-refractivity contribution in [3.05, 3.63) is 57.8 Å². The summed E-state index contributed by atoms with van der Waals surface area (Å²) in [6, 6.07) is 7.42. The summed E-state index contributed by atoms with van der Waals surface area (Å²) < 4.78 is 26.6. The largest absolute Gasteiger partial charge is 0.347 e. The molecule has 1 aliphatic rings. The molecule has 3 rings (SSSR count). The number of halogens is 2. The molecular formula is C16H16F2N2OS. The minimum Gasteiger partial charge on any atom is -0.347 e. The highest BCUT2D eigenvalue weighted by molar-refractivity contribution is 7.12. The molecule has 2 N–H and O–H groups in total. The maximum atomic E-state index is 13.5. The van der Waals surface area contributed by atoms with Gasteiger partial charge in [-0.2, -0.15) is 0 Å². The highest BCUT2D eigenvalue weighted by Crippen LogP contribution is 2.27. The van der Waals surface area contributed by atoms with Gasteiger partial charge < -0.3 is 10.6 Å². The fourth-order valence-corrected chi connectivity index (χ4v) is 3.43.